The van der Waals surface area contributed by atoms with Crippen molar-refractivity contribution >= 4 is 5.69 Å². The summed E-state index contributed by atoms with van der Waals surface area (Å²) in [6.45, 7) is 7.32. The van der Waals surface area contributed by atoms with Gasteiger partial charge in [-0.2, -0.15) is 5.10 Å². The molecule has 0 radical (unpaired) electrons. The van der Waals surface area contributed by atoms with Crippen molar-refractivity contribution in [1.29, 1.82) is 0 Å². The molecule has 114 valence electrons. The average Bonchev–Trinajstić information content (AvgIpc) is 2.89. The Bertz CT molecular complexity index is 581. The number of nitrogens with zero attached hydrogens (tertiary/aromatic N) is 2. The maximum absolute atomic E-state index is 5.67. The lowest BCUT2D eigenvalue weighted by Gasteiger charge is -2.18. The Balaban J connectivity index is 2.21. The summed E-state index contributed by atoms with van der Waals surface area (Å²) in [4.78, 5) is 0. The highest BCUT2D eigenvalue weighted by atomic mass is 16.5. The SMILES string of the molecule is CCOc1ccc(OCC)c(NC(C)c2cnn(C)c2)c1. The molecule has 0 fully saturated rings. The van der Waals surface area contributed by atoms with Gasteiger partial charge in [-0.1, -0.05) is 0 Å². The van der Waals surface area contributed by atoms with Gasteiger partial charge in [-0.15, -0.1) is 0 Å². The predicted octanol–water partition coefficient (Wildman–Crippen LogP) is 3.39. The van der Waals surface area contributed by atoms with Crippen LogP contribution in [-0.2, 0) is 7.05 Å². The molecule has 5 heteroatoms. The second-order valence-electron chi connectivity index (χ2n) is 4.84. The van der Waals surface area contributed by atoms with Gasteiger partial charge in [0.05, 0.1) is 31.1 Å². The molecular weight excluding hydrogens is 266 g/mol. The fourth-order valence-electron chi connectivity index (χ4n) is 2.14. The minimum atomic E-state index is 0.134. The van der Waals surface area contributed by atoms with Gasteiger partial charge in [0.1, 0.15) is 11.5 Å². The van der Waals surface area contributed by atoms with Crippen LogP contribution in [0.25, 0.3) is 0 Å². The smallest absolute Gasteiger partial charge is 0.142 e. The fraction of sp³-hybridized carbons (Fsp3) is 0.438. The van der Waals surface area contributed by atoms with E-state index in [4.69, 9.17) is 9.47 Å². The van der Waals surface area contributed by atoms with Crippen LogP contribution in [0.1, 0.15) is 32.4 Å². The predicted molar refractivity (Wildman–Crippen MR) is 84.0 cm³/mol. The molecule has 1 heterocycles. The third-order valence-electron chi connectivity index (χ3n) is 3.16. The summed E-state index contributed by atoms with van der Waals surface area (Å²) in [6.07, 6.45) is 3.87. The molecule has 2 aromatic rings. The first-order valence-corrected chi connectivity index (χ1v) is 7.28. The van der Waals surface area contributed by atoms with Crippen LogP contribution in [0.3, 0.4) is 0 Å². The van der Waals surface area contributed by atoms with Gasteiger partial charge >= 0.3 is 0 Å². The van der Waals surface area contributed by atoms with Crippen molar-refractivity contribution in [2.45, 2.75) is 26.8 Å². The lowest BCUT2D eigenvalue weighted by molar-refractivity contribution is 0.331. The van der Waals surface area contributed by atoms with Crippen molar-refractivity contribution in [3.05, 3.63) is 36.2 Å². The van der Waals surface area contributed by atoms with Crippen LogP contribution in [0.5, 0.6) is 11.5 Å². The highest BCUT2D eigenvalue weighted by Gasteiger charge is 2.12. The molecule has 0 aliphatic carbocycles. The zero-order chi connectivity index (χ0) is 15.2. The number of rotatable bonds is 7. The molecule has 21 heavy (non-hydrogen) atoms. The van der Waals surface area contributed by atoms with E-state index in [9.17, 15) is 0 Å². The van der Waals surface area contributed by atoms with Gasteiger partial charge in [0, 0.05) is 24.9 Å². The third-order valence-corrected chi connectivity index (χ3v) is 3.16. The number of anilines is 1. The number of hydrogen-bond acceptors (Lipinski definition) is 4. The van der Waals surface area contributed by atoms with E-state index >= 15 is 0 Å². The van der Waals surface area contributed by atoms with Crippen LogP contribution >= 0.6 is 0 Å². The van der Waals surface area contributed by atoms with Crippen LogP contribution in [0, 0.1) is 0 Å². The van der Waals surface area contributed by atoms with E-state index in [0.717, 1.165) is 22.7 Å². The van der Waals surface area contributed by atoms with E-state index in [1.54, 1.807) is 4.68 Å². The zero-order valence-electron chi connectivity index (χ0n) is 13.1. The second kappa shape index (κ2) is 7.02. The molecule has 1 atom stereocenters. The van der Waals surface area contributed by atoms with Crippen molar-refractivity contribution in [2.24, 2.45) is 7.05 Å². The van der Waals surface area contributed by atoms with Gasteiger partial charge in [-0.3, -0.25) is 4.68 Å². The van der Waals surface area contributed by atoms with Crippen molar-refractivity contribution in [3.63, 3.8) is 0 Å². The molecule has 1 aromatic heterocycles. The highest BCUT2D eigenvalue weighted by molar-refractivity contribution is 5.60. The maximum atomic E-state index is 5.67. The summed E-state index contributed by atoms with van der Waals surface area (Å²) < 4.78 is 13.0. The summed E-state index contributed by atoms with van der Waals surface area (Å²) in [7, 11) is 1.91. The number of hydrogen-bond donors (Lipinski definition) is 1. The third kappa shape index (κ3) is 3.90. The van der Waals surface area contributed by atoms with Gasteiger partial charge < -0.3 is 14.8 Å². The lowest BCUT2D eigenvalue weighted by atomic mass is 10.1. The Hall–Kier alpha value is -2.17. The van der Waals surface area contributed by atoms with Crippen molar-refractivity contribution in [2.75, 3.05) is 18.5 Å². The Morgan fingerprint density at radius 3 is 2.62 bits per heavy atom. The maximum Gasteiger partial charge on any atom is 0.142 e. The molecule has 0 aliphatic rings. The first-order chi connectivity index (χ1) is 10.1. The van der Waals surface area contributed by atoms with E-state index < -0.39 is 0 Å². The topological polar surface area (TPSA) is 48.3 Å². The Labute approximate surface area is 125 Å². The number of aromatic nitrogens is 2. The number of nitrogens with one attached hydrogen (secondary N) is 1. The summed E-state index contributed by atoms with van der Waals surface area (Å²) in [5, 5.41) is 7.67. The molecule has 1 aromatic carbocycles. The van der Waals surface area contributed by atoms with Crippen LogP contribution in [0.2, 0.25) is 0 Å². The molecule has 2 rings (SSSR count). The summed E-state index contributed by atoms with van der Waals surface area (Å²) >= 11 is 0. The Morgan fingerprint density at radius 1 is 1.24 bits per heavy atom. The van der Waals surface area contributed by atoms with Crippen molar-refractivity contribution in [1.82, 2.24) is 9.78 Å². The molecule has 5 nitrogen and oxygen atoms in total. The van der Waals surface area contributed by atoms with E-state index in [2.05, 4.69) is 17.3 Å². The zero-order valence-corrected chi connectivity index (χ0v) is 13.1. The van der Waals surface area contributed by atoms with Crippen LogP contribution in [0.15, 0.2) is 30.6 Å². The van der Waals surface area contributed by atoms with E-state index in [1.165, 1.54) is 0 Å². The van der Waals surface area contributed by atoms with Gasteiger partial charge in [-0.05, 0) is 32.9 Å². The van der Waals surface area contributed by atoms with Crippen LogP contribution < -0.4 is 14.8 Å². The van der Waals surface area contributed by atoms with E-state index in [1.807, 2.05) is 51.5 Å². The molecule has 0 amide bonds. The monoisotopic (exact) mass is 289 g/mol. The average molecular weight is 289 g/mol. The quantitative estimate of drug-likeness (QED) is 0.848. The van der Waals surface area contributed by atoms with Gasteiger partial charge in [-0.25, -0.2) is 0 Å². The normalized spacial score (nSPS) is 12.0. The van der Waals surface area contributed by atoms with Crippen LogP contribution in [0.4, 0.5) is 5.69 Å². The molecule has 0 spiro atoms. The number of aryl methyl sites for hydroxylation is 1. The second-order valence-corrected chi connectivity index (χ2v) is 4.84. The largest absolute Gasteiger partial charge is 0.494 e. The molecule has 0 saturated heterocycles. The Kier molecular flexibility index (Phi) is 5.09. The van der Waals surface area contributed by atoms with Gasteiger partial charge in [0.15, 0.2) is 0 Å². The molecule has 0 aliphatic heterocycles. The van der Waals surface area contributed by atoms with Crippen LogP contribution in [-0.4, -0.2) is 23.0 Å². The molecule has 1 unspecified atom stereocenters. The minimum absolute atomic E-state index is 0.134. The standard InChI is InChI=1S/C16H23N3O2/c1-5-20-14-7-8-16(21-6-2)15(9-14)18-12(3)13-10-17-19(4)11-13/h7-12,18H,5-6H2,1-4H3. The van der Waals surface area contributed by atoms with Crippen molar-refractivity contribution < 1.29 is 9.47 Å². The van der Waals surface area contributed by atoms with E-state index in [-0.39, 0.29) is 6.04 Å². The molecule has 0 bridgehead atoms. The number of ether oxygens (including phenoxy) is 2. The molecule has 0 saturated carbocycles. The summed E-state index contributed by atoms with van der Waals surface area (Å²) in [5.41, 5.74) is 2.06. The molecule has 1 N–H and O–H groups in total. The summed E-state index contributed by atoms with van der Waals surface area (Å²) in [5.74, 6) is 1.67. The first-order valence-electron chi connectivity index (χ1n) is 7.28. The van der Waals surface area contributed by atoms with Crippen molar-refractivity contribution in [3.8, 4) is 11.5 Å². The van der Waals surface area contributed by atoms with Gasteiger partial charge in [0.2, 0.25) is 0 Å². The highest BCUT2D eigenvalue weighted by Crippen LogP contribution is 2.32. The van der Waals surface area contributed by atoms with Gasteiger partial charge in [0.25, 0.3) is 0 Å². The fourth-order valence-corrected chi connectivity index (χ4v) is 2.14. The lowest BCUT2D eigenvalue weighted by Crippen LogP contribution is -2.08. The summed E-state index contributed by atoms with van der Waals surface area (Å²) in [6, 6.07) is 5.97. The van der Waals surface area contributed by atoms with E-state index in [0.29, 0.717) is 13.2 Å². The first kappa shape index (κ1) is 15.2. The minimum Gasteiger partial charge on any atom is -0.494 e. The molecular formula is C16H23N3O2. The number of benzene rings is 1. The Morgan fingerprint density at radius 2 is 2.00 bits per heavy atom.